The van der Waals surface area contributed by atoms with E-state index in [2.05, 4.69) is 0 Å². The molecule has 3 fully saturated rings. The molecule has 2 aliphatic carbocycles. The summed E-state index contributed by atoms with van der Waals surface area (Å²) in [6.07, 6.45) is 11.0. The quantitative estimate of drug-likeness (QED) is 0.572. The lowest BCUT2D eigenvalue weighted by molar-refractivity contribution is -0.153. The molecule has 15 heavy (non-hydrogen) atoms. The average molecular weight is 208 g/mol. The van der Waals surface area contributed by atoms with Gasteiger partial charge in [0.05, 0.1) is 5.92 Å². The Morgan fingerprint density at radius 1 is 1.00 bits per heavy atom. The van der Waals surface area contributed by atoms with Crippen LogP contribution in [0.2, 0.25) is 0 Å². The van der Waals surface area contributed by atoms with Gasteiger partial charge < -0.3 is 4.74 Å². The Balaban J connectivity index is 1.86. The van der Waals surface area contributed by atoms with Crippen LogP contribution in [-0.2, 0) is 9.53 Å². The van der Waals surface area contributed by atoms with Gasteiger partial charge in [0.1, 0.15) is 5.60 Å². The second-order valence-electron chi connectivity index (χ2n) is 5.54. The Morgan fingerprint density at radius 3 is 2.53 bits per heavy atom. The predicted octanol–water partition coefficient (Wildman–Crippen LogP) is 3.05. The third-order valence-corrected chi connectivity index (χ3v) is 4.75. The van der Waals surface area contributed by atoms with Crippen molar-refractivity contribution in [3.63, 3.8) is 0 Å². The van der Waals surface area contributed by atoms with Gasteiger partial charge in [-0.3, -0.25) is 4.79 Å². The molecule has 2 nitrogen and oxygen atoms in total. The van der Waals surface area contributed by atoms with E-state index in [1.807, 2.05) is 0 Å². The maximum Gasteiger partial charge on any atom is 0.309 e. The van der Waals surface area contributed by atoms with Gasteiger partial charge in [-0.1, -0.05) is 19.3 Å². The van der Waals surface area contributed by atoms with Crippen LogP contribution in [0.5, 0.6) is 0 Å². The van der Waals surface area contributed by atoms with E-state index in [1.54, 1.807) is 0 Å². The molecule has 0 aromatic carbocycles. The Hall–Kier alpha value is -0.530. The van der Waals surface area contributed by atoms with Gasteiger partial charge in [-0.05, 0) is 38.5 Å². The van der Waals surface area contributed by atoms with Crippen molar-refractivity contribution in [2.45, 2.75) is 63.4 Å². The van der Waals surface area contributed by atoms with E-state index in [-0.39, 0.29) is 17.5 Å². The summed E-state index contributed by atoms with van der Waals surface area (Å²) >= 11 is 0. The van der Waals surface area contributed by atoms with E-state index in [9.17, 15) is 4.79 Å². The average Bonchev–Trinajstić information content (AvgIpc) is 2.55. The molecule has 0 radical (unpaired) electrons. The molecule has 0 aromatic rings. The van der Waals surface area contributed by atoms with E-state index < -0.39 is 0 Å². The molecule has 2 unspecified atom stereocenters. The molecule has 2 saturated carbocycles. The molecule has 1 saturated heterocycles. The fourth-order valence-corrected chi connectivity index (χ4v) is 4.02. The minimum Gasteiger partial charge on any atom is -0.459 e. The van der Waals surface area contributed by atoms with Gasteiger partial charge in [0, 0.05) is 5.92 Å². The van der Waals surface area contributed by atoms with E-state index in [4.69, 9.17) is 4.74 Å². The van der Waals surface area contributed by atoms with Gasteiger partial charge in [-0.15, -0.1) is 0 Å². The topological polar surface area (TPSA) is 26.3 Å². The first-order valence-electron chi connectivity index (χ1n) is 6.55. The maximum absolute atomic E-state index is 11.9. The van der Waals surface area contributed by atoms with Crippen LogP contribution >= 0.6 is 0 Å². The largest absolute Gasteiger partial charge is 0.459 e. The maximum atomic E-state index is 11.9. The van der Waals surface area contributed by atoms with Crippen molar-refractivity contribution in [3.05, 3.63) is 0 Å². The fraction of sp³-hybridized carbons (Fsp3) is 0.923. The van der Waals surface area contributed by atoms with Crippen molar-refractivity contribution >= 4 is 5.97 Å². The number of ether oxygens (including phenoxy) is 1. The van der Waals surface area contributed by atoms with Crippen LogP contribution in [-0.4, -0.2) is 11.6 Å². The predicted molar refractivity (Wildman–Crippen MR) is 57.4 cm³/mol. The molecular formula is C13H20O2. The SMILES string of the molecule is O=C1OC2(CCCCC2)C2CCCCC12. The molecule has 0 aromatic heterocycles. The first kappa shape index (κ1) is 9.68. The molecule has 2 heteroatoms. The fourth-order valence-electron chi connectivity index (χ4n) is 4.02. The highest BCUT2D eigenvalue weighted by molar-refractivity contribution is 5.76. The number of rotatable bonds is 0. The number of hydrogen-bond acceptors (Lipinski definition) is 2. The van der Waals surface area contributed by atoms with Crippen LogP contribution in [0.15, 0.2) is 0 Å². The highest BCUT2D eigenvalue weighted by atomic mass is 16.6. The number of esters is 1. The molecule has 84 valence electrons. The van der Waals surface area contributed by atoms with Gasteiger partial charge >= 0.3 is 5.97 Å². The molecule has 3 rings (SSSR count). The Kier molecular flexibility index (Phi) is 2.26. The highest BCUT2D eigenvalue weighted by Crippen LogP contribution is 2.51. The lowest BCUT2D eigenvalue weighted by atomic mass is 9.67. The van der Waals surface area contributed by atoms with Crippen LogP contribution in [0.25, 0.3) is 0 Å². The van der Waals surface area contributed by atoms with Crippen molar-refractivity contribution in [1.82, 2.24) is 0 Å². The third kappa shape index (κ3) is 1.41. The minimum atomic E-state index is -0.0135. The molecule has 3 aliphatic rings. The van der Waals surface area contributed by atoms with E-state index >= 15 is 0 Å². The zero-order chi connectivity index (χ0) is 10.3. The second-order valence-corrected chi connectivity index (χ2v) is 5.54. The van der Waals surface area contributed by atoms with E-state index in [0.29, 0.717) is 5.92 Å². The highest BCUT2D eigenvalue weighted by Gasteiger charge is 2.55. The lowest BCUT2D eigenvalue weighted by Crippen LogP contribution is -2.39. The standard InChI is InChI=1S/C13H20O2/c14-12-10-6-2-3-7-11(10)13(15-12)8-4-1-5-9-13/h10-11H,1-9H2. The van der Waals surface area contributed by atoms with Gasteiger partial charge in [0.15, 0.2) is 0 Å². The summed E-state index contributed by atoms with van der Waals surface area (Å²) in [6, 6.07) is 0. The molecule has 1 aliphatic heterocycles. The van der Waals surface area contributed by atoms with E-state index in [0.717, 1.165) is 19.3 Å². The Labute approximate surface area is 91.4 Å². The summed E-state index contributed by atoms with van der Waals surface area (Å²) in [5, 5.41) is 0. The van der Waals surface area contributed by atoms with Crippen molar-refractivity contribution in [3.8, 4) is 0 Å². The molecule has 0 amide bonds. The summed E-state index contributed by atoms with van der Waals surface area (Å²) in [4.78, 5) is 11.9. The van der Waals surface area contributed by atoms with Crippen molar-refractivity contribution in [2.75, 3.05) is 0 Å². The van der Waals surface area contributed by atoms with Gasteiger partial charge in [-0.25, -0.2) is 0 Å². The Bertz CT molecular complexity index is 266. The molecule has 1 heterocycles. The van der Waals surface area contributed by atoms with Gasteiger partial charge in [0.2, 0.25) is 0 Å². The van der Waals surface area contributed by atoms with Crippen LogP contribution in [0.4, 0.5) is 0 Å². The first-order valence-corrected chi connectivity index (χ1v) is 6.55. The number of fused-ring (bicyclic) bond motifs is 2. The number of hydrogen-bond donors (Lipinski definition) is 0. The summed E-state index contributed by atoms with van der Waals surface area (Å²) < 4.78 is 5.80. The second kappa shape index (κ2) is 3.50. The van der Waals surface area contributed by atoms with Crippen molar-refractivity contribution in [2.24, 2.45) is 11.8 Å². The number of carbonyl (C=O) groups is 1. The lowest BCUT2D eigenvalue weighted by Gasteiger charge is -2.39. The minimum absolute atomic E-state index is 0.0135. The molecule has 0 N–H and O–H groups in total. The first-order chi connectivity index (χ1) is 7.32. The summed E-state index contributed by atoms with van der Waals surface area (Å²) in [6.45, 7) is 0. The smallest absolute Gasteiger partial charge is 0.309 e. The third-order valence-electron chi connectivity index (χ3n) is 4.75. The molecular weight excluding hydrogens is 188 g/mol. The van der Waals surface area contributed by atoms with Crippen molar-refractivity contribution < 1.29 is 9.53 Å². The zero-order valence-electron chi connectivity index (χ0n) is 9.34. The normalized spacial score (nSPS) is 38.8. The van der Waals surface area contributed by atoms with Gasteiger partial charge in [-0.2, -0.15) is 0 Å². The van der Waals surface area contributed by atoms with Gasteiger partial charge in [0.25, 0.3) is 0 Å². The monoisotopic (exact) mass is 208 g/mol. The van der Waals surface area contributed by atoms with Crippen LogP contribution in [0, 0.1) is 11.8 Å². The van der Waals surface area contributed by atoms with Crippen molar-refractivity contribution in [1.29, 1.82) is 0 Å². The van der Waals surface area contributed by atoms with Crippen LogP contribution in [0.3, 0.4) is 0 Å². The molecule has 0 bridgehead atoms. The molecule has 1 spiro atoms. The Morgan fingerprint density at radius 2 is 1.73 bits per heavy atom. The summed E-state index contributed by atoms with van der Waals surface area (Å²) in [7, 11) is 0. The summed E-state index contributed by atoms with van der Waals surface area (Å²) in [5.41, 5.74) is -0.0135. The molecule has 2 atom stereocenters. The van der Waals surface area contributed by atoms with Crippen LogP contribution in [0.1, 0.15) is 57.8 Å². The summed E-state index contributed by atoms with van der Waals surface area (Å²) in [5.74, 6) is 0.956. The zero-order valence-corrected chi connectivity index (χ0v) is 9.34. The van der Waals surface area contributed by atoms with Crippen LogP contribution < -0.4 is 0 Å². The number of carbonyl (C=O) groups excluding carboxylic acids is 1. The van der Waals surface area contributed by atoms with E-state index in [1.165, 1.54) is 38.5 Å².